The average molecular weight is 582 g/mol. The molecular weight excluding hydrogens is 552 g/mol. The highest BCUT2D eigenvalue weighted by Gasteiger charge is 2.39. The standard InChI is InChI=1S/C28H29F6N5O2/c29-27(30,31)20-11-18(12-21(14-20)28(32,33)34)26(41)39-10-9-37(17-25(40)38-7-5-35-6-8-38)16-22(39)13-19-15-36-24-4-2-1-3-23(19)24/h1-4,11-12,14-15,22,35-36H,5-10,13,16-17H2/t22-/m1/s1. The quantitative estimate of drug-likeness (QED) is 0.447. The van der Waals surface area contributed by atoms with Crippen molar-refractivity contribution in [3.8, 4) is 0 Å². The van der Waals surface area contributed by atoms with E-state index < -0.39 is 41.0 Å². The topological polar surface area (TPSA) is 71.7 Å². The van der Waals surface area contributed by atoms with Crippen molar-refractivity contribution in [3.63, 3.8) is 0 Å². The fraction of sp³-hybridized carbons (Fsp3) is 0.429. The van der Waals surface area contributed by atoms with E-state index in [9.17, 15) is 35.9 Å². The lowest BCUT2D eigenvalue weighted by molar-refractivity contribution is -0.143. The van der Waals surface area contributed by atoms with E-state index in [4.69, 9.17) is 0 Å². The van der Waals surface area contributed by atoms with Crippen molar-refractivity contribution in [2.45, 2.75) is 24.8 Å². The number of fused-ring (bicyclic) bond motifs is 1. The van der Waals surface area contributed by atoms with Gasteiger partial charge in [-0.3, -0.25) is 14.5 Å². The summed E-state index contributed by atoms with van der Waals surface area (Å²) in [6.45, 7) is 3.15. The highest BCUT2D eigenvalue weighted by atomic mass is 19.4. The van der Waals surface area contributed by atoms with Crippen LogP contribution in [0.1, 0.15) is 27.0 Å². The molecule has 2 aromatic carbocycles. The van der Waals surface area contributed by atoms with Gasteiger partial charge in [-0.15, -0.1) is 0 Å². The summed E-state index contributed by atoms with van der Waals surface area (Å²) in [5.74, 6) is -0.982. The van der Waals surface area contributed by atoms with Crippen LogP contribution in [0.5, 0.6) is 0 Å². The number of hydrogen-bond acceptors (Lipinski definition) is 4. The van der Waals surface area contributed by atoms with Gasteiger partial charge in [0.1, 0.15) is 0 Å². The number of nitrogens with one attached hydrogen (secondary N) is 2. The third-order valence-corrected chi connectivity index (χ3v) is 7.62. The number of aromatic amines is 1. The Morgan fingerprint density at radius 2 is 1.54 bits per heavy atom. The van der Waals surface area contributed by atoms with Crippen molar-refractivity contribution in [3.05, 3.63) is 70.9 Å². The number of alkyl halides is 6. The summed E-state index contributed by atoms with van der Waals surface area (Å²) in [4.78, 5) is 34.7. The molecular formula is C28H29F6N5O2. The Kier molecular flexibility index (Phi) is 8.02. The summed E-state index contributed by atoms with van der Waals surface area (Å²) in [5.41, 5.74) is -2.05. The molecule has 2 amide bonds. The number of carbonyl (C=O) groups is 2. The molecule has 0 bridgehead atoms. The molecule has 1 atom stereocenters. The first kappa shape index (κ1) is 28.9. The Morgan fingerprint density at radius 3 is 2.20 bits per heavy atom. The summed E-state index contributed by atoms with van der Waals surface area (Å²) in [5, 5.41) is 4.08. The Balaban J connectivity index is 1.44. The van der Waals surface area contributed by atoms with Gasteiger partial charge in [-0.2, -0.15) is 26.3 Å². The van der Waals surface area contributed by atoms with Gasteiger partial charge in [0.25, 0.3) is 5.91 Å². The summed E-state index contributed by atoms with van der Waals surface area (Å²) in [6, 6.07) is 7.83. The molecule has 0 aliphatic carbocycles. The van der Waals surface area contributed by atoms with Gasteiger partial charge < -0.3 is 20.1 Å². The van der Waals surface area contributed by atoms with Crippen LogP contribution in [0.15, 0.2) is 48.7 Å². The van der Waals surface area contributed by atoms with Crippen LogP contribution >= 0.6 is 0 Å². The minimum absolute atomic E-state index is 0.0138. The van der Waals surface area contributed by atoms with E-state index in [-0.39, 0.29) is 38.2 Å². The van der Waals surface area contributed by atoms with Crippen molar-refractivity contribution in [2.75, 3.05) is 52.4 Å². The molecule has 2 saturated heterocycles. The molecule has 0 radical (unpaired) electrons. The lowest BCUT2D eigenvalue weighted by Gasteiger charge is -2.42. The first-order valence-electron chi connectivity index (χ1n) is 13.3. The number of benzene rings is 2. The molecule has 13 heteroatoms. The second-order valence-corrected chi connectivity index (χ2v) is 10.4. The number of aromatic nitrogens is 1. The van der Waals surface area contributed by atoms with Crippen LogP contribution < -0.4 is 5.32 Å². The van der Waals surface area contributed by atoms with Crippen LogP contribution in [-0.2, 0) is 23.6 Å². The van der Waals surface area contributed by atoms with E-state index >= 15 is 0 Å². The van der Waals surface area contributed by atoms with Crippen LogP contribution in [0, 0.1) is 0 Å². The molecule has 2 N–H and O–H groups in total. The van der Waals surface area contributed by atoms with Gasteiger partial charge in [0.05, 0.1) is 17.7 Å². The number of H-pyrrole nitrogens is 1. The van der Waals surface area contributed by atoms with Crippen LogP contribution in [0.2, 0.25) is 0 Å². The Bertz CT molecular complexity index is 1380. The zero-order valence-electron chi connectivity index (χ0n) is 22.0. The van der Waals surface area contributed by atoms with Gasteiger partial charge in [0.2, 0.25) is 5.91 Å². The SMILES string of the molecule is O=C(CN1CCN(C(=O)c2cc(C(F)(F)F)cc(C(F)(F)F)c2)[C@H](Cc2c[nH]c3ccccc23)C1)N1CCNCC1. The van der Waals surface area contributed by atoms with Crippen LogP contribution in [-0.4, -0.2) is 89.9 Å². The molecule has 3 aromatic rings. The fourth-order valence-electron chi connectivity index (χ4n) is 5.51. The van der Waals surface area contributed by atoms with Crippen LogP contribution in [0.3, 0.4) is 0 Å². The Hall–Kier alpha value is -3.58. The first-order chi connectivity index (χ1) is 19.4. The summed E-state index contributed by atoms with van der Waals surface area (Å²) >= 11 is 0. The molecule has 0 unspecified atom stereocenters. The highest BCUT2D eigenvalue weighted by Crippen LogP contribution is 2.37. The molecule has 0 spiro atoms. The lowest BCUT2D eigenvalue weighted by Crippen LogP contribution is -2.58. The van der Waals surface area contributed by atoms with Crippen molar-refractivity contribution in [1.82, 2.24) is 25.0 Å². The fourth-order valence-corrected chi connectivity index (χ4v) is 5.51. The van der Waals surface area contributed by atoms with E-state index in [0.29, 0.717) is 44.7 Å². The minimum Gasteiger partial charge on any atom is -0.361 e. The molecule has 2 fully saturated rings. The van der Waals surface area contributed by atoms with Crippen molar-refractivity contribution >= 4 is 22.7 Å². The molecule has 220 valence electrons. The lowest BCUT2D eigenvalue weighted by atomic mass is 9.98. The number of rotatable bonds is 5. The molecule has 0 saturated carbocycles. The third-order valence-electron chi connectivity index (χ3n) is 7.62. The number of para-hydroxylation sites is 1. The van der Waals surface area contributed by atoms with Gasteiger partial charge in [0.15, 0.2) is 0 Å². The molecule has 41 heavy (non-hydrogen) atoms. The molecule has 7 nitrogen and oxygen atoms in total. The maximum absolute atomic E-state index is 13.6. The molecule has 2 aliphatic heterocycles. The first-order valence-corrected chi connectivity index (χ1v) is 13.3. The Labute approximate surface area is 232 Å². The van der Waals surface area contributed by atoms with E-state index in [1.165, 1.54) is 4.90 Å². The van der Waals surface area contributed by atoms with E-state index in [1.54, 1.807) is 11.1 Å². The van der Waals surface area contributed by atoms with Crippen molar-refractivity contribution in [1.29, 1.82) is 0 Å². The summed E-state index contributed by atoms with van der Waals surface area (Å²) < 4.78 is 81.0. The van der Waals surface area contributed by atoms with E-state index in [1.807, 2.05) is 29.2 Å². The average Bonchev–Trinajstić information content (AvgIpc) is 3.35. The molecule has 1 aromatic heterocycles. The van der Waals surface area contributed by atoms with Crippen LogP contribution in [0.4, 0.5) is 26.3 Å². The zero-order chi connectivity index (χ0) is 29.4. The predicted octanol–water partition coefficient (Wildman–Crippen LogP) is 4.01. The molecule has 5 rings (SSSR count). The molecule has 2 aliphatic rings. The van der Waals surface area contributed by atoms with Gasteiger partial charge in [0, 0.05) is 74.5 Å². The number of nitrogens with zero attached hydrogens (tertiary/aromatic N) is 3. The smallest absolute Gasteiger partial charge is 0.361 e. The van der Waals surface area contributed by atoms with Crippen molar-refractivity contribution < 1.29 is 35.9 Å². The zero-order valence-corrected chi connectivity index (χ0v) is 22.0. The van der Waals surface area contributed by atoms with E-state index in [0.717, 1.165) is 16.5 Å². The van der Waals surface area contributed by atoms with Crippen LogP contribution in [0.25, 0.3) is 10.9 Å². The number of carbonyl (C=O) groups excluding carboxylic acids is 2. The minimum atomic E-state index is -5.07. The highest BCUT2D eigenvalue weighted by molar-refractivity contribution is 5.95. The monoisotopic (exact) mass is 581 g/mol. The second-order valence-electron chi connectivity index (χ2n) is 10.4. The largest absolute Gasteiger partial charge is 0.416 e. The maximum atomic E-state index is 13.6. The van der Waals surface area contributed by atoms with Gasteiger partial charge >= 0.3 is 12.4 Å². The third kappa shape index (κ3) is 6.51. The summed E-state index contributed by atoms with van der Waals surface area (Å²) in [6.07, 6.45) is -8.06. The predicted molar refractivity (Wildman–Crippen MR) is 139 cm³/mol. The number of halogens is 6. The molecule has 3 heterocycles. The number of hydrogen-bond donors (Lipinski definition) is 2. The van der Waals surface area contributed by atoms with Crippen molar-refractivity contribution in [2.24, 2.45) is 0 Å². The second kappa shape index (κ2) is 11.4. The van der Waals surface area contributed by atoms with Gasteiger partial charge in [-0.25, -0.2) is 0 Å². The van der Waals surface area contributed by atoms with E-state index in [2.05, 4.69) is 10.3 Å². The number of piperazine rings is 2. The number of amides is 2. The Morgan fingerprint density at radius 1 is 0.878 bits per heavy atom. The van der Waals surface area contributed by atoms with Gasteiger partial charge in [-0.05, 0) is 36.2 Å². The maximum Gasteiger partial charge on any atom is 0.416 e. The summed E-state index contributed by atoms with van der Waals surface area (Å²) in [7, 11) is 0. The van der Waals surface area contributed by atoms with Gasteiger partial charge in [-0.1, -0.05) is 18.2 Å². The normalized spacial score (nSPS) is 19.1.